The summed E-state index contributed by atoms with van der Waals surface area (Å²) in [6, 6.07) is 10.9. The lowest BCUT2D eigenvalue weighted by molar-refractivity contribution is -0.126. The van der Waals surface area contributed by atoms with Crippen molar-refractivity contribution in [3.63, 3.8) is 0 Å². The zero-order valence-electron chi connectivity index (χ0n) is 15.5. The SMILES string of the molecule is CC1CCN(C(CNC(=O)[C@@H]2CCC[C@@H]2CN)c2ccccc2)CC1. The molecule has 1 aromatic rings. The fourth-order valence-corrected chi connectivity index (χ4v) is 4.47. The molecular weight excluding hydrogens is 310 g/mol. The van der Waals surface area contributed by atoms with E-state index in [0.717, 1.165) is 38.3 Å². The second-order valence-electron chi connectivity index (χ2n) is 7.92. The van der Waals surface area contributed by atoms with Crippen LogP contribution in [0.4, 0.5) is 0 Å². The largest absolute Gasteiger partial charge is 0.354 e. The molecule has 1 saturated carbocycles. The van der Waals surface area contributed by atoms with Gasteiger partial charge in [-0.15, -0.1) is 0 Å². The molecule has 1 aliphatic carbocycles. The molecule has 0 bridgehead atoms. The van der Waals surface area contributed by atoms with E-state index < -0.39 is 0 Å². The molecule has 0 spiro atoms. The second kappa shape index (κ2) is 8.81. The summed E-state index contributed by atoms with van der Waals surface area (Å²) in [6.45, 7) is 5.90. The molecule has 1 amide bonds. The van der Waals surface area contributed by atoms with Crippen molar-refractivity contribution in [2.24, 2.45) is 23.5 Å². The molecule has 1 saturated heterocycles. The van der Waals surface area contributed by atoms with Crippen LogP contribution in [0.2, 0.25) is 0 Å². The van der Waals surface area contributed by atoms with Crippen molar-refractivity contribution in [2.45, 2.75) is 45.1 Å². The van der Waals surface area contributed by atoms with Crippen molar-refractivity contribution in [2.75, 3.05) is 26.2 Å². The van der Waals surface area contributed by atoms with Gasteiger partial charge in [0.15, 0.2) is 0 Å². The maximum Gasteiger partial charge on any atom is 0.223 e. The Bertz CT molecular complexity index is 539. The normalized spacial score (nSPS) is 26.5. The second-order valence-corrected chi connectivity index (χ2v) is 7.92. The number of nitrogens with two attached hydrogens (primary N) is 1. The number of benzene rings is 1. The lowest BCUT2D eigenvalue weighted by Crippen LogP contribution is -2.44. The maximum atomic E-state index is 12.7. The lowest BCUT2D eigenvalue weighted by Gasteiger charge is -2.37. The fourth-order valence-electron chi connectivity index (χ4n) is 4.47. The van der Waals surface area contributed by atoms with E-state index in [4.69, 9.17) is 5.73 Å². The van der Waals surface area contributed by atoms with Crippen molar-refractivity contribution in [1.29, 1.82) is 0 Å². The Morgan fingerprint density at radius 2 is 1.92 bits per heavy atom. The van der Waals surface area contributed by atoms with Crippen LogP contribution in [0.25, 0.3) is 0 Å². The van der Waals surface area contributed by atoms with E-state index >= 15 is 0 Å². The van der Waals surface area contributed by atoms with Crippen LogP contribution in [0.1, 0.15) is 50.6 Å². The van der Waals surface area contributed by atoms with E-state index in [1.165, 1.54) is 18.4 Å². The van der Waals surface area contributed by atoms with Gasteiger partial charge in [-0.1, -0.05) is 43.7 Å². The molecule has 1 heterocycles. The van der Waals surface area contributed by atoms with Crippen LogP contribution in [0.3, 0.4) is 0 Å². The van der Waals surface area contributed by atoms with Gasteiger partial charge in [-0.05, 0) is 62.7 Å². The predicted molar refractivity (Wildman–Crippen MR) is 102 cm³/mol. The molecule has 4 heteroatoms. The highest BCUT2D eigenvalue weighted by molar-refractivity contribution is 5.79. The summed E-state index contributed by atoms with van der Waals surface area (Å²) in [5.41, 5.74) is 7.16. The summed E-state index contributed by atoms with van der Waals surface area (Å²) in [6.07, 6.45) is 5.71. The number of piperidine rings is 1. The molecule has 1 aromatic carbocycles. The topological polar surface area (TPSA) is 58.4 Å². The molecule has 2 fully saturated rings. The summed E-state index contributed by atoms with van der Waals surface area (Å²) in [7, 11) is 0. The smallest absolute Gasteiger partial charge is 0.223 e. The van der Waals surface area contributed by atoms with Crippen molar-refractivity contribution in [3.05, 3.63) is 35.9 Å². The molecule has 1 aliphatic heterocycles. The molecule has 2 aliphatic rings. The van der Waals surface area contributed by atoms with E-state index in [1.54, 1.807) is 0 Å². The van der Waals surface area contributed by atoms with Crippen LogP contribution >= 0.6 is 0 Å². The first-order valence-electron chi connectivity index (χ1n) is 9.95. The minimum atomic E-state index is 0.114. The van der Waals surface area contributed by atoms with Gasteiger partial charge in [0, 0.05) is 12.5 Å². The zero-order chi connectivity index (χ0) is 17.6. The van der Waals surface area contributed by atoms with Gasteiger partial charge in [-0.3, -0.25) is 9.69 Å². The Morgan fingerprint density at radius 3 is 2.60 bits per heavy atom. The number of hydrogen-bond acceptors (Lipinski definition) is 3. The Labute approximate surface area is 152 Å². The van der Waals surface area contributed by atoms with Crippen LogP contribution in [-0.4, -0.2) is 37.0 Å². The van der Waals surface area contributed by atoms with E-state index in [2.05, 4.69) is 47.5 Å². The quantitative estimate of drug-likeness (QED) is 0.835. The van der Waals surface area contributed by atoms with Gasteiger partial charge in [0.1, 0.15) is 0 Å². The third-order valence-corrected chi connectivity index (χ3v) is 6.21. The summed E-state index contributed by atoms with van der Waals surface area (Å²) in [5.74, 6) is 1.50. The van der Waals surface area contributed by atoms with Crippen molar-refractivity contribution in [1.82, 2.24) is 10.2 Å². The Kier molecular flexibility index (Phi) is 6.49. The zero-order valence-corrected chi connectivity index (χ0v) is 15.5. The number of carbonyl (C=O) groups excluding carboxylic acids is 1. The van der Waals surface area contributed by atoms with Gasteiger partial charge in [0.2, 0.25) is 5.91 Å². The Hall–Kier alpha value is -1.39. The maximum absolute atomic E-state index is 12.7. The minimum Gasteiger partial charge on any atom is -0.354 e. The van der Waals surface area contributed by atoms with Crippen molar-refractivity contribution in [3.8, 4) is 0 Å². The molecule has 0 radical (unpaired) electrons. The highest BCUT2D eigenvalue weighted by Gasteiger charge is 2.32. The highest BCUT2D eigenvalue weighted by Crippen LogP contribution is 2.31. The van der Waals surface area contributed by atoms with Crippen LogP contribution < -0.4 is 11.1 Å². The standard InChI is InChI=1S/C21H33N3O/c1-16-10-12-24(13-11-16)20(17-6-3-2-4-7-17)15-23-21(25)19-9-5-8-18(19)14-22/h2-4,6-7,16,18-20H,5,8-15,22H2,1H3,(H,23,25)/t18-,19-,20?/m1/s1. The van der Waals surface area contributed by atoms with Crippen molar-refractivity contribution >= 4 is 5.91 Å². The monoisotopic (exact) mass is 343 g/mol. The van der Waals surface area contributed by atoms with Gasteiger partial charge in [0.05, 0.1) is 6.04 Å². The molecule has 138 valence electrons. The van der Waals surface area contributed by atoms with Crippen LogP contribution in [-0.2, 0) is 4.79 Å². The molecule has 3 atom stereocenters. The van der Waals surface area contributed by atoms with Crippen LogP contribution in [0, 0.1) is 17.8 Å². The molecule has 3 rings (SSSR count). The first-order valence-corrected chi connectivity index (χ1v) is 9.95. The molecule has 0 aromatic heterocycles. The Balaban J connectivity index is 1.64. The average Bonchev–Trinajstić information content (AvgIpc) is 3.13. The number of likely N-dealkylation sites (tertiary alicyclic amines) is 1. The third-order valence-electron chi connectivity index (χ3n) is 6.21. The molecule has 25 heavy (non-hydrogen) atoms. The van der Waals surface area contributed by atoms with Gasteiger partial charge in [-0.25, -0.2) is 0 Å². The van der Waals surface area contributed by atoms with Crippen molar-refractivity contribution < 1.29 is 4.79 Å². The fraction of sp³-hybridized carbons (Fsp3) is 0.667. The van der Waals surface area contributed by atoms with E-state index in [9.17, 15) is 4.79 Å². The third kappa shape index (κ3) is 4.62. The average molecular weight is 344 g/mol. The van der Waals surface area contributed by atoms with Crippen LogP contribution in [0.15, 0.2) is 30.3 Å². The summed E-state index contributed by atoms with van der Waals surface area (Å²) >= 11 is 0. The van der Waals surface area contributed by atoms with Gasteiger partial charge >= 0.3 is 0 Å². The van der Waals surface area contributed by atoms with Crippen LogP contribution in [0.5, 0.6) is 0 Å². The van der Waals surface area contributed by atoms with E-state index in [-0.39, 0.29) is 17.9 Å². The number of nitrogens with one attached hydrogen (secondary N) is 1. The van der Waals surface area contributed by atoms with E-state index in [1.807, 2.05) is 0 Å². The summed E-state index contributed by atoms with van der Waals surface area (Å²) in [4.78, 5) is 15.2. The first kappa shape index (κ1) is 18.4. The van der Waals surface area contributed by atoms with Gasteiger partial charge in [-0.2, -0.15) is 0 Å². The molecule has 4 nitrogen and oxygen atoms in total. The predicted octanol–water partition coefficient (Wildman–Crippen LogP) is 2.95. The number of carbonyl (C=O) groups is 1. The number of rotatable bonds is 6. The molecule has 1 unspecified atom stereocenters. The highest BCUT2D eigenvalue weighted by atomic mass is 16.1. The summed E-state index contributed by atoms with van der Waals surface area (Å²) in [5, 5.41) is 3.26. The minimum absolute atomic E-state index is 0.114. The Morgan fingerprint density at radius 1 is 1.20 bits per heavy atom. The number of nitrogens with zero attached hydrogens (tertiary/aromatic N) is 1. The lowest BCUT2D eigenvalue weighted by atomic mass is 9.94. The van der Waals surface area contributed by atoms with Gasteiger partial charge in [0.25, 0.3) is 0 Å². The molecule has 3 N–H and O–H groups in total. The number of hydrogen-bond donors (Lipinski definition) is 2. The van der Waals surface area contributed by atoms with E-state index in [0.29, 0.717) is 19.0 Å². The summed E-state index contributed by atoms with van der Waals surface area (Å²) < 4.78 is 0. The first-order chi connectivity index (χ1) is 12.2. The van der Waals surface area contributed by atoms with Gasteiger partial charge < -0.3 is 11.1 Å². The molecular formula is C21H33N3O. The number of amides is 1.